The molecule has 0 aromatic carbocycles. The number of carbonyl (C=O) groups is 2. The molecule has 1 aliphatic rings. The van der Waals surface area contributed by atoms with E-state index in [1.54, 1.807) is 27.7 Å². The maximum Gasteiger partial charge on any atom is 0.408 e. The minimum Gasteiger partial charge on any atom is -0.480 e. The highest BCUT2D eigenvalue weighted by Crippen LogP contribution is 2.22. The molecule has 0 unspecified atom stereocenters. The van der Waals surface area contributed by atoms with E-state index in [2.05, 4.69) is 5.32 Å². The summed E-state index contributed by atoms with van der Waals surface area (Å²) in [4.78, 5) is 23.1. The van der Waals surface area contributed by atoms with Crippen molar-refractivity contribution in [2.75, 3.05) is 0 Å². The van der Waals surface area contributed by atoms with Gasteiger partial charge < -0.3 is 19.9 Å². The van der Waals surface area contributed by atoms with Crippen molar-refractivity contribution in [3.8, 4) is 0 Å². The van der Waals surface area contributed by atoms with Crippen molar-refractivity contribution in [1.82, 2.24) is 5.32 Å². The fourth-order valence-corrected chi connectivity index (χ4v) is 2.40. The van der Waals surface area contributed by atoms with Gasteiger partial charge in [-0.2, -0.15) is 0 Å². The number of amides is 1. The van der Waals surface area contributed by atoms with Gasteiger partial charge >= 0.3 is 12.1 Å². The van der Waals surface area contributed by atoms with E-state index >= 15 is 0 Å². The van der Waals surface area contributed by atoms with Crippen molar-refractivity contribution in [1.29, 1.82) is 0 Å². The predicted molar refractivity (Wildman–Crippen MR) is 78.2 cm³/mol. The van der Waals surface area contributed by atoms with Crippen LogP contribution in [0.1, 0.15) is 59.8 Å². The molecule has 1 rings (SSSR count). The first kappa shape index (κ1) is 17.8. The summed E-state index contributed by atoms with van der Waals surface area (Å²) in [7, 11) is 0. The Morgan fingerprint density at radius 2 is 1.76 bits per heavy atom. The number of ether oxygens (including phenoxy) is 2. The largest absolute Gasteiger partial charge is 0.480 e. The number of carboxylic acid groups (broad SMARTS) is 1. The number of hydrogen-bond acceptors (Lipinski definition) is 4. The Morgan fingerprint density at radius 1 is 1.19 bits per heavy atom. The first-order valence-corrected chi connectivity index (χ1v) is 7.57. The van der Waals surface area contributed by atoms with Crippen molar-refractivity contribution >= 4 is 12.1 Å². The summed E-state index contributed by atoms with van der Waals surface area (Å²) in [6.45, 7) is 6.85. The van der Waals surface area contributed by atoms with Crippen LogP contribution in [-0.2, 0) is 14.3 Å². The average molecular weight is 301 g/mol. The lowest BCUT2D eigenvalue weighted by Crippen LogP contribution is -2.50. The molecule has 1 fully saturated rings. The normalized spacial score (nSPS) is 19.6. The molecule has 0 aromatic heterocycles. The second-order valence-electron chi connectivity index (χ2n) is 6.56. The number of carbonyl (C=O) groups excluding carboxylic acids is 1. The monoisotopic (exact) mass is 301 g/mol. The van der Waals surface area contributed by atoms with Crippen LogP contribution in [0.4, 0.5) is 4.79 Å². The zero-order valence-electron chi connectivity index (χ0n) is 13.3. The fraction of sp³-hybridized carbons (Fsp3) is 0.867. The molecule has 1 saturated carbocycles. The van der Waals surface area contributed by atoms with Gasteiger partial charge in [0.2, 0.25) is 0 Å². The third-order valence-corrected chi connectivity index (χ3v) is 3.37. The smallest absolute Gasteiger partial charge is 0.408 e. The van der Waals surface area contributed by atoms with Crippen molar-refractivity contribution in [3.05, 3.63) is 0 Å². The molecule has 122 valence electrons. The van der Waals surface area contributed by atoms with E-state index in [-0.39, 0.29) is 6.10 Å². The number of carboxylic acids is 1. The van der Waals surface area contributed by atoms with Crippen LogP contribution in [0.25, 0.3) is 0 Å². The van der Waals surface area contributed by atoms with Crippen molar-refractivity contribution < 1.29 is 24.2 Å². The van der Waals surface area contributed by atoms with Gasteiger partial charge in [0.25, 0.3) is 0 Å². The SMILES string of the molecule is C[C@@H](OC1CCCCC1)[C@H](NC(=O)OC(C)(C)C)C(=O)O. The Hall–Kier alpha value is -1.30. The molecule has 0 heterocycles. The minimum atomic E-state index is -1.12. The highest BCUT2D eigenvalue weighted by molar-refractivity contribution is 5.80. The molecule has 0 radical (unpaired) electrons. The lowest BCUT2D eigenvalue weighted by Gasteiger charge is -2.29. The Kier molecular flexibility index (Phi) is 6.45. The standard InChI is InChI=1S/C15H27NO5/c1-10(20-11-8-6-5-7-9-11)12(13(17)18)16-14(19)21-15(2,3)4/h10-12H,5-9H2,1-4H3,(H,16,19)(H,17,18)/t10-,12+/m1/s1. The Bertz CT molecular complexity index is 358. The van der Waals surface area contributed by atoms with Crippen molar-refractivity contribution in [2.24, 2.45) is 0 Å². The van der Waals surface area contributed by atoms with Gasteiger partial charge in [-0.1, -0.05) is 19.3 Å². The van der Waals surface area contributed by atoms with Crippen LogP contribution in [-0.4, -0.2) is 41.0 Å². The molecule has 6 heteroatoms. The predicted octanol–water partition coefficient (Wildman–Crippen LogP) is 2.70. The van der Waals surface area contributed by atoms with Gasteiger partial charge in [-0.05, 0) is 40.5 Å². The molecule has 0 bridgehead atoms. The van der Waals surface area contributed by atoms with Crippen LogP contribution in [0.5, 0.6) is 0 Å². The molecular weight excluding hydrogens is 274 g/mol. The summed E-state index contributed by atoms with van der Waals surface area (Å²) in [5, 5.41) is 11.6. The molecule has 0 spiro atoms. The lowest BCUT2D eigenvalue weighted by molar-refractivity contribution is -0.145. The summed E-state index contributed by atoms with van der Waals surface area (Å²) in [6.07, 6.45) is 4.05. The van der Waals surface area contributed by atoms with E-state index in [9.17, 15) is 14.7 Å². The minimum absolute atomic E-state index is 0.0797. The third kappa shape index (κ3) is 6.80. The molecule has 1 amide bonds. The summed E-state index contributed by atoms with van der Waals surface area (Å²) in [5.41, 5.74) is -0.666. The third-order valence-electron chi connectivity index (χ3n) is 3.37. The summed E-state index contributed by atoms with van der Waals surface area (Å²) in [5.74, 6) is -1.12. The number of rotatable bonds is 5. The molecule has 21 heavy (non-hydrogen) atoms. The number of nitrogens with one attached hydrogen (secondary N) is 1. The summed E-state index contributed by atoms with van der Waals surface area (Å²) < 4.78 is 10.9. The van der Waals surface area contributed by atoms with Crippen LogP contribution in [0.2, 0.25) is 0 Å². The maximum atomic E-state index is 11.7. The highest BCUT2D eigenvalue weighted by Gasteiger charge is 2.31. The van der Waals surface area contributed by atoms with Crippen LogP contribution in [0, 0.1) is 0 Å². The number of aliphatic carboxylic acids is 1. The van der Waals surface area contributed by atoms with Gasteiger partial charge in [0.1, 0.15) is 5.60 Å². The molecule has 0 aromatic rings. The number of alkyl carbamates (subject to hydrolysis) is 1. The van der Waals surface area contributed by atoms with Crippen LogP contribution in [0.15, 0.2) is 0 Å². The van der Waals surface area contributed by atoms with Crippen LogP contribution in [0.3, 0.4) is 0 Å². The van der Waals surface area contributed by atoms with Crippen LogP contribution < -0.4 is 5.32 Å². The van der Waals surface area contributed by atoms with Gasteiger partial charge in [-0.3, -0.25) is 0 Å². The average Bonchev–Trinajstić information content (AvgIpc) is 2.34. The van der Waals surface area contributed by atoms with E-state index in [0.717, 1.165) is 25.7 Å². The van der Waals surface area contributed by atoms with E-state index < -0.39 is 29.8 Å². The highest BCUT2D eigenvalue weighted by atomic mass is 16.6. The quantitative estimate of drug-likeness (QED) is 0.815. The van der Waals surface area contributed by atoms with Gasteiger partial charge in [-0.25, -0.2) is 9.59 Å². The molecule has 2 N–H and O–H groups in total. The molecule has 1 aliphatic carbocycles. The topological polar surface area (TPSA) is 84.9 Å². The first-order valence-electron chi connectivity index (χ1n) is 7.57. The molecular formula is C15H27NO5. The van der Waals surface area contributed by atoms with E-state index in [1.165, 1.54) is 6.42 Å². The van der Waals surface area contributed by atoms with Gasteiger partial charge in [0, 0.05) is 0 Å². The van der Waals surface area contributed by atoms with Crippen molar-refractivity contribution in [2.45, 2.75) is 83.6 Å². The van der Waals surface area contributed by atoms with E-state index in [0.29, 0.717) is 0 Å². The molecule has 0 saturated heterocycles. The summed E-state index contributed by atoms with van der Waals surface area (Å²) >= 11 is 0. The zero-order valence-corrected chi connectivity index (χ0v) is 13.3. The zero-order chi connectivity index (χ0) is 16.0. The second kappa shape index (κ2) is 7.64. The van der Waals surface area contributed by atoms with Gasteiger partial charge in [0.15, 0.2) is 6.04 Å². The molecule has 6 nitrogen and oxygen atoms in total. The Morgan fingerprint density at radius 3 is 2.24 bits per heavy atom. The molecule has 0 aliphatic heterocycles. The molecule has 2 atom stereocenters. The lowest BCUT2D eigenvalue weighted by atomic mass is 9.97. The fourth-order valence-electron chi connectivity index (χ4n) is 2.40. The van der Waals surface area contributed by atoms with Crippen LogP contribution >= 0.6 is 0 Å². The Balaban J connectivity index is 2.55. The van der Waals surface area contributed by atoms with E-state index in [1.807, 2.05) is 0 Å². The van der Waals surface area contributed by atoms with Gasteiger partial charge in [-0.15, -0.1) is 0 Å². The van der Waals surface area contributed by atoms with Crippen molar-refractivity contribution in [3.63, 3.8) is 0 Å². The maximum absolute atomic E-state index is 11.7. The Labute approximate surface area is 126 Å². The van der Waals surface area contributed by atoms with E-state index in [4.69, 9.17) is 9.47 Å². The summed E-state index contributed by atoms with van der Waals surface area (Å²) in [6, 6.07) is -1.11. The first-order chi connectivity index (χ1) is 9.69. The number of hydrogen-bond donors (Lipinski definition) is 2. The second-order valence-corrected chi connectivity index (χ2v) is 6.56. The van der Waals surface area contributed by atoms with Gasteiger partial charge in [0.05, 0.1) is 12.2 Å².